The van der Waals surface area contributed by atoms with E-state index in [1.165, 1.54) is 0 Å². The van der Waals surface area contributed by atoms with Crippen LogP contribution in [0.2, 0.25) is 0 Å². The van der Waals surface area contributed by atoms with Crippen molar-refractivity contribution in [3.8, 4) is 11.5 Å². The summed E-state index contributed by atoms with van der Waals surface area (Å²) in [5, 5.41) is 2.26. The van der Waals surface area contributed by atoms with Gasteiger partial charge in [-0.3, -0.25) is 0 Å². The molecule has 6 heteroatoms. The van der Waals surface area contributed by atoms with Crippen molar-refractivity contribution in [1.29, 1.82) is 0 Å². The monoisotopic (exact) mass is 450 g/mol. The summed E-state index contributed by atoms with van der Waals surface area (Å²) < 4.78 is 9.90. The van der Waals surface area contributed by atoms with E-state index in [-0.39, 0.29) is 5.92 Å². The molecule has 0 amide bonds. The smallest absolute Gasteiger partial charge is 0.409 e. The predicted octanol–water partition coefficient (Wildman–Crippen LogP) is 7.50. The molecule has 154 valence electrons. The average molecular weight is 451 g/mol. The molecule has 0 spiro atoms. The molecule has 31 heavy (non-hydrogen) atoms. The third-order valence-corrected chi connectivity index (χ3v) is 5.11. The number of hydrogen-bond donors (Lipinski definition) is 0. The van der Waals surface area contributed by atoms with Gasteiger partial charge in [-0.2, -0.15) is 0 Å². The molecular weight excluding hydrogens is 435 g/mol. The maximum absolute atomic E-state index is 11.0. The molecule has 0 fully saturated rings. The van der Waals surface area contributed by atoms with E-state index in [1.54, 1.807) is 24.3 Å². The first-order valence-electron chi connectivity index (χ1n) is 9.43. The number of benzene rings is 4. The minimum absolute atomic E-state index is 0.118. The van der Waals surface area contributed by atoms with Gasteiger partial charge in [0, 0.05) is 29.1 Å². The van der Waals surface area contributed by atoms with Crippen LogP contribution in [-0.4, -0.2) is 10.9 Å². The zero-order chi connectivity index (χ0) is 21.8. The highest BCUT2D eigenvalue weighted by molar-refractivity contribution is 6.61. The lowest BCUT2D eigenvalue weighted by Gasteiger charge is -2.21. The topological polar surface area (TPSA) is 52.6 Å². The fourth-order valence-corrected chi connectivity index (χ4v) is 3.87. The van der Waals surface area contributed by atoms with Crippen molar-refractivity contribution in [3.05, 3.63) is 108 Å². The van der Waals surface area contributed by atoms with Gasteiger partial charge in [0.2, 0.25) is 0 Å². The van der Waals surface area contributed by atoms with Gasteiger partial charge >= 0.3 is 10.9 Å². The summed E-state index contributed by atoms with van der Waals surface area (Å²) in [5.74, 6) is 0.613. The minimum Gasteiger partial charge on any atom is -0.415 e. The first-order valence-corrected chi connectivity index (χ1v) is 10.2. The van der Waals surface area contributed by atoms with Crippen LogP contribution in [0.3, 0.4) is 0 Å². The van der Waals surface area contributed by atoms with E-state index >= 15 is 0 Å². The first kappa shape index (κ1) is 20.9. The number of halogens is 2. The summed E-state index contributed by atoms with van der Waals surface area (Å²) in [6.07, 6.45) is 0. The Kier molecular flexibility index (Phi) is 6.21. The Morgan fingerprint density at radius 1 is 0.613 bits per heavy atom. The number of rotatable bonds is 5. The molecule has 0 atom stereocenters. The van der Waals surface area contributed by atoms with Gasteiger partial charge in [0.15, 0.2) is 0 Å². The van der Waals surface area contributed by atoms with Gasteiger partial charge in [0.05, 0.1) is 0 Å². The number of hydrogen-bond acceptors (Lipinski definition) is 4. The number of ether oxygens (including phenoxy) is 2. The van der Waals surface area contributed by atoms with Crippen LogP contribution < -0.4 is 9.47 Å². The predicted molar refractivity (Wildman–Crippen MR) is 122 cm³/mol. The summed E-state index contributed by atoms with van der Waals surface area (Å²) in [5.41, 5.74) is 1.33. The van der Waals surface area contributed by atoms with Gasteiger partial charge in [-0.1, -0.05) is 66.7 Å². The summed E-state index contributed by atoms with van der Waals surface area (Å²) >= 11 is 10.6. The Labute approximate surface area is 188 Å². The van der Waals surface area contributed by atoms with Gasteiger partial charge in [-0.15, -0.1) is 0 Å². The third kappa shape index (κ3) is 4.88. The minimum atomic E-state index is -0.886. The second kappa shape index (κ2) is 9.21. The van der Waals surface area contributed by atoms with Crippen LogP contribution in [0.5, 0.6) is 11.5 Å². The second-order valence-corrected chi connectivity index (χ2v) is 7.44. The SMILES string of the molecule is O=C(Cl)Oc1ccc(C(c2ccc(OC(=O)Cl)cc2)c2cccc3ccccc23)cc1. The van der Waals surface area contributed by atoms with Gasteiger partial charge < -0.3 is 9.47 Å². The molecule has 0 aromatic heterocycles. The third-order valence-electron chi connectivity index (χ3n) is 4.96. The molecular formula is C25H16Cl2O4. The molecule has 0 radical (unpaired) electrons. The molecule has 0 N–H and O–H groups in total. The van der Waals surface area contributed by atoms with Crippen molar-refractivity contribution in [1.82, 2.24) is 0 Å². The Bertz CT molecular complexity index is 1170. The molecule has 4 nitrogen and oxygen atoms in total. The van der Waals surface area contributed by atoms with E-state index in [1.807, 2.05) is 42.5 Å². The van der Waals surface area contributed by atoms with E-state index in [0.717, 1.165) is 27.5 Å². The van der Waals surface area contributed by atoms with E-state index in [2.05, 4.69) is 24.3 Å². The molecule has 0 bridgehead atoms. The highest BCUT2D eigenvalue weighted by Crippen LogP contribution is 2.37. The normalized spacial score (nSPS) is 10.8. The van der Waals surface area contributed by atoms with E-state index in [0.29, 0.717) is 11.5 Å². The largest absolute Gasteiger partial charge is 0.415 e. The Balaban J connectivity index is 1.82. The van der Waals surface area contributed by atoms with Crippen LogP contribution in [0.1, 0.15) is 22.6 Å². The average Bonchev–Trinajstić information content (AvgIpc) is 2.76. The maximum atomic E-state index is 11.0. The van der Waals surface area contributed by atoms with Crippen molar-refractivity contribution in [2.75, 3.05) is 0 Å². The van der Waals surface area contributed by atoms with Gasteiger partial charge in [0.25, 0.3) is 0 Å². The van der Waals surface area contributed by atoms with Crippen molar-refractivity contribution in [3.63, 3.8) is 0 Å². The van der Waals surface area contributed by atoms with Crippen LogP contribution in [-0.2, 0) is 0 Å². The Morgan fingerprint density at radius 2 is 1.10 bits per heavy atom. The summed E-state index contributed by atoms with van der Waals surface area (Å²) in [4.78, 5) is 22.1. The van der Waals surface area contributed by atoms with E-state index < -0.39 is 10.9 Å². The van der Waals surface area contributed by atoms with Crippen molar-refractivity contribution < 1.29 is 19.1 Å². The summed E-state index contributed by atoms with van der Waals surface area (Å²) in [6, 6.07) is 28.8. The lowest BCUT2D eigenvalue weighted by molar-refractivity contribution is 0.224. The van der Waals surface area contributed by atoms with Crippen LogP contribution in [0.4, 0.5) is 9.59 Å². The lowest BCUT2D eigenvalue weighted by Crippen LogP contribution is -2.05. The molecule has 0 heterocycles. The number of fused-ring (bicyclic) bond motifs is 1. The van der Waals surface area contributed by atoms with Gasteiger partial charge in [-0.25, -0.2) is 9.59 Å². The highest BCUT2D eigenvalue weighted by atomic mass is 35.5. The first-order chi connectivity index (χ1) is 15.0. The zero-order valence-corrected chi connectivity index (χ0v) is 17.6. The lowest BCUT2D eigenvalue weighted by atomic mass is 9.83. The fraction of sp³-hybridized carbons (Fsp3) is 0.0400. The van der Waals surface area contributed by atoms with Gasteiger partial charge in [-0.05, 0) is 51.7 Å². The Hall–Kier alpha value is -3.34. The van der Waals surface area contributed by atoms with E-state index in [4.69, 9.17) is 32.7 Å². The highest BCUT2D eigenvalue weighted by Gasteiger charge is 2.19. The molecule has 0 aliphatic rings. The Morgan fingerprint density at radius 3 is 1.61 bits per heavy atom. The number of carbonyl (C=O) groups excluding carboxylic acids is 2. The molecule has 4 aromatic rings. The molecule has 0 unspecified atom stereocenters. The van der Waals surface area contributed by atoms with Crippen molar-refractivity contribution >= 4 is 44.8 Å². The molecule has 4 rings (SSSR count). The standard InChI is InChI=1S/C25H16Cl2O4/c26-24(28)30-19-12-8-17(9-13-19)23(18-10-14-20(15-11-18)31-25(27)29)22-7-3-5-16-4-1-2-6-21(16)22/h1-15,23H. The molecule has 4 aromatic carbocycles. The van der Waals surface area contributed by atoms with E-state index in [9.17, 15) is 9.59 Å². The van der Waals surface area contributed by atoms with Crippen molar-refractivity contribution in [2.45, 2.75) is 5.92 Å². The second-order valence-electron chi connectivity index (χ2n) is 6.82. The van der Waals surface area contributed by atoms with Crippen LogP contribution in [0, 0.1) is 0 Å². The quantitative estimate of drug-likeness (QED) is 0.233. The molecule has 0 aliphatic carbocycles. The van der Waals surface area contributed by atoms with Crippen LogP contribution >= 0.6 is 23.2 Å². The number of carbonyl (C=O) groups is 2. The molecule has 0 saturated carbocycles. The summed E-state index contributed by atoms with van der Waals surface area (Å²) in [7, 11) is 0. The zero-order valence-electron chi connectivity index (χ0n) is 16.1. The van der Waals surface area contributed by atoms with Gasteiger partial charge in [0.1, 0.15) is 11.5 Å². The molecule has 0 saturated heterocycles. The van der Waals surface area contributed by atoms with Crippen molar-refractivity contribution in [2.24, 2.45) is 0 Å². The fourth-order valence-electron chi connectivity index (χ4n) is 3.70. The maximum Gasteiger partial charge on any atom is 0.409 e. The molecule has 0 aliphatic heterocycles. The summed E-state index contributed by atoms with van der Waals surface area (Å²) in [6.45, 7) is 0. The van der Waals surface area contributed by atoms with Crippen LogP contribution in [0.15, 0.2) is 91.0 Å². The van der Waals surface area contributed by atoms with Crippen LogP contribution in [0.25, 0.3) is 10.8 Å².